The molecule has 1 amide bonds. The van der Waals surface area contributed by atoms with E-state index in [-0.39, 0.29) is 12.0 Å². The van der Waals surface area contributed by atoms with Gasteiger partial charge in [0, 0.05) is 48.8 Å². The molecule has 2 aliphatic rings. The Kier molecular flexibility index (Phi) is 6.41. The lowest BCUT2D eigenvalue weighted by atomic mass is 9.98. The molecule has 1 aromatic carbocycles. The van der Waals surface area contributed by atoms with Crippen LogP contribution in [-0.4, -0.2) is 59.0 Å². The van der Waals surface area contributed by atoms with Crippen molar-refractivity contribution < 1.29 is 9.53 Å². The summed E-state index contributed by atoms with van der Waals surface area (Å²) in [5, 5.41) is 3.67. The Labute approximate surface area is 179 Å². The fourth-order valence-corrected chi connectivity index (χ4v) is 5.08. The molecule has 0 unspecified atom stereocenters. The number of likely N-dealkylation sites (tertiary alicyclic amines) is 2. The predicted molar refractivity (Wildman–Crippen MR) is 113 cm³/mol. The van der Waals surface area contributed by atoms with Gasteiger partial charge >= 0.3 is 0 Å². The standard InChI is InChI=1S/C20H23Cl2N3O2S/c21-14-1-2-17(18(22)13-14)19(26)25-8-3-15(4-9-25)24-10-5-16(6-11-24)27-20-23-7-12-28-20/h1-2,7,12-13,15-16H,3-6,8-11H2. The van der Waals surface area contributed by atoms with E-state index in [0.717, 1.165) is 57.1 Å². The molecule has 0 radical (unpaired) electrons. The second kappa shape index (κ2) is 8.99. The maximum atomic E-state index is 12.8. The molecule has 2 aromatic rings. The highest BCUT2D eigenvalue weighted by molar-refractivity contribution is 7.11. The fraction of sp³-hybridized carbons (Fsp3) is 0.500. The Morgan fingerprint density at radius 1 is 1.11 bits per heavy atom. The van der Waals surface area contributed by atoms with Gasteiger partial charge in [0.25, 0.3) is 11.1 Å². The van der Waals surface area contributed by atoms with Crippen LogP contribution in [0.4, 0.5) is 0 Å². The summed E-state index contributed by atoms with van der Waals surface area (Å²) in [6.07, 6.45) is 6.08. The quantitative estimate of drug-likeness (QED) is 0.698. The zero-order valence-electron chi connectivity index (χ0n) is 15.5. The molecule has 150 valence electrons. The summed E-state index contributed by atoms with van der Waals surface area (Å²) in [6.45, 7) is 3.60. The van der Waals surface area contributed by atoms with Crippen LogP contribution in [0.2, 0.25) is 10.0 Å². The van der Waals surface area contributed by atoms with Crippen molar-refractivity contribution in [2.75, 3.05) is 26.2 Å². The minimum absolute atomic E-state index is 0.00401. The summed E-state index contributed by atoms with van der Waals surface area (Å²) >= 11 is 13.7. The first-order chi connectivity index (χ1) is 13.6. The molecule has 5 nitrogen and oxygen atoms in total. The van der Waals surface area contributed by atoms with E-state index in [4.69, 9.17) is 27.9 Å². The maximum absolute atomic E-state index is 12.8. The second-order valence-electron chi connectivity index (χ2n) is 7.30. The van der Waals surface area contributed by atoms with E-state index in [1.165, 1.54) is 0 Å². The van der Waals surface area contributed by atoms with E-state index in [0.29, 0.717) is 21.7 Å². The number of carbonyl (C=O) groups excluding carboxylic acids is 1. The van der Waals surface area contributed by atoms with Gasteiger partial charge in [-0.25, -0.2) is 4.98 Å². The third kappa shape index (κ3) is 4.62. The highest BCUT2D eigenvalue weighted by atomic mass is 35.5. The Morgan fingerprint density at radius 3 is 2.50 bits per heavy atom. The lowest BCUT2D eigenvalue weighted by Crippen LogP contribution is -2.50. The van der Waals surface area contributed by atoms with Crippen molar-refractivity contribution in [3.05, 3.63) is 45.4 Å². The summed E-state index contributed by atoms with van der Waals surface area (Å²) in [6, 6.07) is 5.59. The Balaban J connectivity index is 1.26. The van der Waals surface area contributed by atoms with E-state index in [2.05, 4.69) is 9.88 Å². The van der Waals surface area contributed by atoms with Gasteiger partial charge in [-0.3, -0.25) is 9.69 Å². The van der Waals surface area contributed by atoms with Gasteiger partial charge in [0.05, 0.1) is 10.6 Å². The second-order valence-corrected chi connectivity index (χ2v) is 9.00. The van der Waals surface area contributed by atoms with Crippen LogP contribution in [0.5, 0.6) is 5.19 Å². The number of benzene rings is 1. The Bertz CT molecular complexity index is 802. The van der Waals surface area contributed by atoms with E-state index >= 15 is 0 Å². The van der Waals surface area contributed by atoms with Gasteiger partial charge in [-0.05, 0) is 43.9 Å². The zero-order valence-corrected chi connectivity index (χ0v) is 17.8. The minimum atomic E-state index is -0.00401. The normalized spacial score (nSPS) is 19.7. The number of hydrogen-bond acceptors (Lipinski definition) is 5. The Morgan fingerprint density at radius 2 is 1.86 bits per heavy atom. The molecule has 28 heavy (non-hydrogen) atoms. The summed E-state index contributed by atoms with van der Waals surface area (Å²) in [5.41, 5.74) is 0.532. The van der Waals surface area contributed by atoms with Crippen LogP contribution < -0.4 is 4.74 Å². The number of thiazole rings is 1. The first-order valence-electron chi connectivity index (χ1n) is 9.64. The van der Waals surface area contributed by atoms with E-state index < -0.39 is 0 Å². The molecule has 2 saturated heterocycles. The monoisotopic (exact) mass is 439 g/mol. The van der Waals surface area contributed by atoms with E-state index in [1.54, 1.807) is 35.7 Å². The SMILES string of the molecule is O=C(c1ccc(Cl)cc1Cl)N1CCC(N2CCC(Oc3nccs3)CC2)CC1. The number of hydrogen-bond donors (Lipinski definition) is 0. The molecule has 1 aromatic heterocycles. The van der Waals surface area contributed by atoms with Gasteiger partial charge in [-0.2, -0.15) is 0 Å². The molecule has 0 spiro atoms. The molecule has 0 atom stereocenters. The van der Waals surface area contributed by atoms with Gasteiger partial charge in [0.15, 0.2) is 0 Å². The number of ether oxygens (including phenoxy) is 1. The molecular weight excluding hydrogens is 417 g/mol. The highest BCUT2D eigenvalue weighted by Gasteiger charge is 2.31. The van der Waals surface area contributed by atoms with Crippen LogP contribution in [0, 0.1) is 0 Å². The van der Waals surface area contributed by atoms with Crippen LogP contribution in [0.3, 0.4) is 0 Å². The van der Waals surface area contributed by atoms with Crippen LogP contribution in [-0.2, 0) is 0 Å². The molecule has 4 rings (SSSR count). The molecule has 0 aliphatic carbocycles. The van der Waals surface area contributed by atoms with Crippen molar-refractivity contribution in [1.82, 2.24) is 14.8 Å². The largest absolute Gasteiger partial charge is 0.467 e. The van der Waals surface area contributed by atoms with Crippen LogP contribution in [0.15, 0.2) is 29.8 Å². The van der Waals surface area contributed by atoms with E-state index in [1.807, 2.05) is 10.3 Å². The highest BCUT2D eigenvalue weighted by Crippen LogP contribution is 2.27. The third-order valence-corrected chi connectivity index (χ3v) is 6.79. The first-order valence-corrected chi connectivity index (χ1v) is 11.3. The van der Waals surface area contributed by atoms with Gasteiger partial charge in [-0.15, -0.1) is 0 Å². The van der Waals surface area contributed by atoms with Crippen molar-refractivity contribution in [2.24, 2.45) is 0 Å². The maximum Gasteiger partial charge on any atom is 0.273 e. The fourth-order valence-electron chi connectivity index (χ4n) is 4.04. The molecule has 3 heterocycles. The average Bonchev–Trinajstić information content (AvgIpc) is 3.21. The smallest absolute Gasteiger partial charge is 0.273 e. The van der Waals surface area contributed by atoms with E-state index in [9.17, 15) is 4.79 Å². The first kappa shape index (κ1) is 20.0. The van der Waals surface area contributed by atoms with Gasteiger partial charge in [0.2, 0.25) is 0 Å². The molecule has 8 heteroatoms. The summed E-state index contributed by atoms with van der Waals surface area (Å²) < 4.78 is 5.95. The van der Waals surface area contributed by atoms with Crippen LogP contribution >= 0.6 is 34.5 Å². The van der Waals surface area contributed by atoms with Gasteiger partial charge < -0.3 is 9.64 Å². The van der Waals surface area contributed by atoms with Crippen LogP contribution in [0.1, 0.15) is 36.0 Å². The molecule has 0 N–H and O–H groups in total. The Hall–Kier alpha value is -1.34. The number of carbonyl (C=O) groups is 1. The van der Waals surface area contributed by atoms with Crippen molar-refractivity contribution in [2.45, 2.75) is 37.8 Å². The molecular formula is C20H23Cl2N3O2S. The van der Waals surface area contributed by atoms with Crippen molar-refractivity contribution in [3.8, 4) is 5.19 Å². The van der Waals surface area contributed by atoms with Gasteiger partial charge in [-0.1, -0.05) is 34.5 Å². The number of amides is 1. The molecule has 2 aliphatic heterocycles. The van der Waals surface area contributed by atoms with Crippen molar-refractivity contribution in [1.29, 1.82) is 0 Å². The number of nitrogens with zero attached hydrogens (tertiary/aromatic N) is 3. The minimum Gasteiger partial charge on any atom is -0.467 e. The summed E-state index contributed by atoms with van der Waals surface area (Å²) in [4.78, 5) is 21.4. The average molecular weight is 440 g/mol. The number of halogens is 2. The van der Waals surface area contributed by atoms with Gasteiger partial charge in [0.1, 0.15) is 6.10 Å². The lowest BCUT2D eigenvalue weighted by molar-refractivity contribution is 0.0425. The molecule has 0 saturated carbocycles. The zero-order chi connectivity index (χ0) is 19.5. The molecule has 2 fully saturated rings. The number of aromatic nitrogens is 1. The number of rotatable bonds is 4. The topological polar surface area (TPSA) is 45.7 Å². The summed E-state index contributed by atoms with van der Waals surface area (Å²) in [7, 11) is 0. The number of piperidine rings is 2. The van der Waals surface area contributed by atoms with Crippen molar-refractivity contribution in [3.63, 3.8) is 0 Å². The summed E-state index contributed by atoms with van der Waals surface area (Å²) in [5.74, 6) is -0.00401. The third-order valence-electron chi connectivity index (χ3n) is 5.58. The van der Waals surface area contributed by atoms with Crippen molar-refractivity contribution >= 4 is 40.4 Å². The predicted octanol–water partition coefficient (Wildman–Crippen LogP) is 4.60. The van der Waals surface area contributed by atoms with Crippen LogP contribution in [0.25, 0.3) is 0 Å². The lowest BCUT2D eigenvalue weighted by Gasteiger charge is -2.41. The molecule has 0 bridgehead atoms.